The molecule has 1 aromatic heterocycles. The van der Waals surface area contributed by atoms with Crippen molar-refractivity contribution in [2.45, 2.75) is 25.9 Å². The fraction of sp³-hybridized carbons (Fsp3) is 0.400. The highest BCUT2D eigenvalue weighted by Crippen LogP contribution is 2.26. The molecule has 0 spiro atoms. The largest absolute Gasteiger partial charge is 0.344 e. The molecule has 100 valence electrons. The topological polar surface area (TPSA) is 28.2 Å². The lowest BCUT2D eigenvalue weighted by Gasteiger charge is -2.19. The first-order valence-electron chi connectivity index (χ1n) is 6.77. The highest BCUT2D eigenvalue weighted by molar-refractivity contribution is 7.13. The van der Waals surface area contributed by atoms with Crippen molar-refractivity contribution in [1.82, 2.24) is 10.3 Å². The second-order valence-electron chi connectivity index (χ2n) is 4.95. The fourth-order valence-electron chi connectivity index (χ4n) is 2.57. The van der Waals surface area contributed by atoms with Gasteiger partial charge in [-0.25, -0.2) is 4.98 Å². The Kier molecular flexibility index (Phi) is 3.80. The summed E-state index contributed by atoms with van der Waals surface area (Å²) in [5.74, 6) is 0. The Bertz CT molecular complexity index is 550. The minimum atomic E-state index is 0.848. The van der Waals surface area contributed by atoms with Gasteiger partial charge in [-0.15, -0.1) is 11.3 Å². The first-order chi connectivity index (χ1) is 9.36. The van der Waals surface area contributed by atoms with Gasteiger partial charge in [0.05, 0.1) is 5.69 Å². The van der Waals surface area contributed by atoms with Crippen molar-refractivity contribution >= 4 is 16.5 Å². The number of aromatic nitrogens is 1. The maximum Gasteiger partial charge on any atom is 0.185 e. The van der Waals surface area contributed by atoms with Crippen LogP contribution in [0.5, 0.6) is 0 Å². The van der Waals surface area contributed by atoms with Crippen molar-refractivity contribution in [3.8, 4) is 0 Å². The number of anilines is 1. The van der Waals surface area contributed by atoms with Crippen molar-refractivity contribution in [2.75, 3.05) is 18.5 Å². The molecule has 0 saturated carbocycles. The number of nitrogens with zero attached hydrogens (tertiary/aromatic N) is 2. The van der Waals surface area contributed by atoms with Crippen LogP contribution in [-0.2, 0) is 19.5 Å². The van der Waals surface area contributed by atoms with E-state index in [2.05, 4.69) is 39.9 Å². The van der Waals surface area contributed by atoms with Gasteiger partial charge < -0.3 is 10.2 Å². The van der Waals surface area contributed by atoms with Gasteiger partial charge >= 0.3 is 0 Å². The number of hydrogen-bond acceptors (Lipinski definition) is 4. The quantitative estimate of drug-likeness (QED) is 0.932. The lowest BCUT2D eigenvalue weighted by molar-refractivity contribution is 0.752. The summed E-state index contributed by atoms with van der Waals surface area (Å²) in [6, 6.07) is 8.78. The molecule has 0 fully saturated rings. The Balaban J connectivity index is 1.81. The average molecular weight is 273 g/mol. The second-order valence-corrected chi connectivity index (χ2v) is 5.78. The van der Waals surface area contributed by atoms with Gasteiger partial charge in [-0.3, -0.25) is 0 Å². The number of rotatable bonds is 3. The summed E-state index contributed by atoms with van der Waals surface area (Å²) in [5.41, 5.74) is 4.09. The number of aryl methyl sites for hydroxylation is 1. The van der Waals surface area contributed by atoms with Crippen LogP contribution in [0.3, 0.4) is 0 Å². The van der Waals surface area contributed by atoms with Crippen LogP contribution in [0, 0.1) is 0 Å². The van der Waals surface area contributed by atoms with Crippen LogP contribution in [0.4, 0.5) is 5.13 Å². The number of benzene rings is 1. The Morgan fingerprint density at radius 2 is 2.16 bits per heavy atom. The van der Waals surface area contributed by atoms with Crippen LogP contribution in [0.2, 0.25) is 0 Å². The van der Waals surface area contributed by atoms with E-state index in [0.29, 0.717) is 0 Å². The van der Waals surface area contributed by atoms with Crippen molar-refractivity contribution in [1.29, 1.82) is 0 Å². The number of thiazole rings is 1. The number of hydrogen-bond donors (Lipinski definition) is 1. The molecule has 4 heteroatoms. The smallest absolute Gasteiger partial charge is 0.185 e. The van der Waals surface area contributed by atoms with Crippen LogP contribution < -0.4 is 10.2 Å². The SMILES string of the molecule is CNCc1csc(N2CCCc3ccccc3C2)n1. The summed E-state index contributed by atoms with van der Waals surface area (Å²) in [7, 11) is 1.96. The summed E-state index contributed by atoms with van der Waals surface area (Å²) < 4.78 is 0. The van der Waals surface area contributed by atoms with E-state index < -0.39 is 0 Å². The average Bonchev–Trinajstić information content (AvgIpc) is 2.78. The molecular formula is C15H19N3S. The minimum Gasteiger partial charge on any atom is -0.344 e. The van der Waals surface area contributed by atoms with Gasteiger partial charge in [0, 0.05) is 25.0 Å². The van der Waals surface area contributed by atoms with Crippen molar-refractivity contribution < 1.29 is 0 Å². The van der Waals surface area contributed by atoms with E-state index in [0.717, 1.165) is 30.5 Å². The Hall–Kier alpha value is -1.39. The van der Waals surface area contributed by atoms with Gasteiger partial charge in [0.2, 0.25) is 0 Å². The number of nitrogens with one attached hydrogen (secondary N) is 1. The van der Waals surface area contributed by atoms with Crippen LogP contribution in [-0.4, -0.2) is 18.6 Å². The lowest BCUT2D eigenvalue weighted by atomic mass is 10.0. The molecule has 0 amide bonds. The fourth-order valence-corrected chi connectivity index (χ4v) is 3.42. The molecule has 19 heavy (non-hydrogen) atoms. The van der Waals surface area contributed by atoms with E-state index in [1.54, 1.807) is 11.3 Å². The van der Waals surface area contributed by atoms with Crippen LogP contribution in [0.15, 0.2) is 29.6 Å². The molecule has 2 heterocycles. The number of fused-ring (bicyclic) bond motifs is 1. The molecule has 1 aliphatic rings. The Morgan fingerprint density at radius 3 is 3.00 bits per heavy atom. The predicted molar refractivity (Wildman–Crippen MR) is 80.7 cm³/mol. The normalized spacial score (nSPS) is 15.1. The standard InChI is InChI=1S/C15H19N3S/c1-16-9-14-11-19-15(17-14)18-8-4-7-12-5-2-3-6-13(12)10-18/h2-3,5-6,11,16H,4,7-10H2,1H3. The van der Waals surface area contributed by atoms with Gasteiger partial charge in [0.15, 0.2) is 5.13 Å². The maximum atomic E-state index is 4.72. The predicted octanol–water partition coefficient (Wildman–Crippen LogP) is 2.82. The van der Waals surface area contributed by atoms with E-state index in [4.69, 9.17) is 4.98 Å². The van der Waals surface area contributed by atoms with Crippen LogP contribution >= 0.6 is 11.3 Å². The van der Waals surface area contributed by atoms with Crippen molar-refractivity contribution in [3.63, 3.8) is 0 Å². The molecule has 3 nitrogen and oxygen atoms in total. The maximum absolute atomic E-state index is 4.72. The molecular weight excluding hydrogens is 254 g/mol. The molecule has 2 aromatic rings. The third kappa shape index (κ3) is 2.80. The molecule has 1 aromatic carbocycles. The molecule has 0 unspecified atom stereocenters. The van der Waals surface area contributed by atoms with Crippen molar-refractivity contribution in [3.05, 3.63) is 46.5 Å². The van der Waals surface area contributed by atoms with E-state index in [9.17, 15) is 0 Å². The van der Waals surface area contributed by atoms with Crippen LogP contribution in [0.25, 0.3) is 0 Å². The molecule has 3 rings (SSSR count). The molecule has 0 atom stereocenters. The van der Waals surface area contributed by atoms with E-state index in [1.807, 2.05) is 7.05 Å². The zero-order valence-electron chi connectivity index (χ0n) is 11.2. The van der Waals surface area contributed by atoms with E-state index in [1.165, 1.54) is 24.0 Å². The summed E-state index contributed by atoms with van der Waals surface area (Å²) in [6.45, 7) is 2.94. The summed E-state index contributed by atoms with van der Waals surface area (Å²) in [6.07, 6.45) is 2.39. The molecule has 1 aliphatic heterocycles. The van der Waals surface area contributed by atoms with Gasteiger partial charge in [-0.05, 0) is 31.0 Å². The van der Waals surface area contributed by atoms with Gasteiger partial charge in [-0.1, -0.05) is 24.3 Å². The highest BCUT2D eigenvalue weighted by Gasteiger charge is 2.16. The lowest BCUT2D eigenvalue weighted by Crippen LogP contribution is -2.22. The van der Waals surface area contributed by atoms with Gasteiger partial charge in [-0.2, -0.15) is 0 Å². The summed E-state index contributed by atoms with van der Waals surface area (Å²) in [4.78, 5) is 7.13. The highest BCUT2D eigenvalue weighted by atomic mass is 32.1. The minimum absolute atomic E-state index is 0.848. The van der Waals surface area contributed by atoms with Gasteiger partial charge in [0.25, 0.3) is 0 Å². The first-order valence-corrected chi connectivity index (χ1v) is 7.65. The van der Waals surface area contributed by atoms with Crippen LogP contribution in [0.1, 0.15) is 23.2 Å². The molecule has 0 aliphatic carbocycles. The molecule has 0 bridgehead atoms. The summed E-state index contributed by atoms with van der Waals surface area (Å²) in [5, 5.41) is 6.46. The first kappa shape index (κ1) is 12.6. The molecule has 1 N–H and O–H groups in total. The van der Waals surface area contributed by atoms with Crippen molar-refractivity contribution in [2.24, 2.45) is 0 Å². The molecule has 0 radical (unpaired) electrons. The third-order valence-corrected chi connectivity index (χ3v) is 4.47. The summed E-state index contributed by atoms with van der Waals surface area (Å²) >= 11 is 1.75. The monoisotopic (exact) mass is 273 g/mol. The zero-order valence-corrected chi connectivity index (χ0v) is 12.0. The Morgan fingerprint density at radius 1 is 1.32 bits per heavy atom. The van der Waals surface area contributed by atoms with E-state index >= 15 is 0 Å². The second kappa shape index (κ2) is 5.72. The third-order valence-electron chi connectivity index (χ3n) is 3.52. The van der Waals surface area contributed by atoms with E-state index in [-0.39, 0.29) is 0 Å². The molecule has 0 saturated heterocycles. The van der Waals surface area contributed by atoms with Gasteiger partial charge in [0.1, 0.15) is 0 Å². The zero-order chi connectivity index (χ0) is 13.1. The Labute approximate surface area is 118 Å².